The maximum atomic E-state index is 10.3. The highest BCUT2D eigenvalue weighted by molar-refractivity contribution is 9.10. The lowest BCUT2D eigenvalue weighted by Crippen LogP contribution is -1.79. The molecule has 1 rings (SSSR count). The molecule has 3 heteroatoms. The van der Waals surface area contributed by atoms with E-state index < -0.39 is 0 Å². The summed E-state index contributed by atoms with van der Waals surface area (Å²) in [6.07, 6.45) is 2.08. The molecule has 0 saturated heterocycles. The van der Waals surface area contributed by atoms with Crippen molar-refractivity contribution in [1.82, 2.24) is 0 Å². The van der Waals surface area contributed by atoms with Gasteiger partial charge in [-0.2, -0.15) is 5.26 Å². The van der Waals surface area contributed by atoms with Crippen molar-refractivity contribution in [2.45, 2.75) is 0 Å². The lowest BCUT2D eigenvalue weighted by atomic mass is 10.1. The van der Waals surface area contributed by atoms with Crippen LogP contribution in [0.15, 0.2) is 34.3 Å². The number of hydrogen-bond acceptors (Lipinski definition) is 2. The summed E-state index contributed by atoms with van der Waals surface area (Å²) in [4.78, 5) is 10.3. The summed E-state index contributed by atoms with van der Waals surface area (Å²) in [5, 5.41) is 8.48. The van der Waals surface area contributed by atoms with E-state index in [9.17, 15) is 4.79 Å². The van der Waals surface area contributed by atoms with E-state index in [1.807, 2.05) is 24.3 Å². The standard InChI is InChI=1S/C10H6BrNO/c11-10-3-1-8(2-4-10)5-9(6-12)7-13/h1-5,7H/b9-5+. The predicted molar refractivity (Wildman–Crippen MR) is 53.8 cm³/mol. The number of hydrogen-bond donors (Lipinski definition) is 0. The van der Waals surface area contributed by atoms with Crippen LogP contribution in [-0.2, 0) is 4.79 Å². The molecule has 1 aromatic carbocycles. The fourth-order valence-corrected chi connectivity index (χ4v) is 1.10. The van der Waals surface area contributed by atoms with Gasteiger partial charge in [-0.3, -0.25) is 4.79 Å². The minimum atomic E-state index is 0.127. The number of allylic oxidation sites excluding steroid dienone is 1. The molecule has 0 aromatic heterocycles. The van der Waals surface area contributed by atoms with Crippen LogP contribution in [0.5, 0.6) is 0 Å². The molecule has 0 aliphatic rings. The van der Waals surface area contributed by atoms with E-state index in [1.54, 1.807) is 12.1 Å². The number of carbonyl (C=O) groups is 1. The third-order valence-corrected chi connectivity index (χ3v) is 1.98. The van der Waals surface area contributed by atoms with Crippen molar-refractivity contribution in [3.8, 4) is 6.07 Å². The first-order chi connectivity index (χ1) is 6.26. The lowest BCUT2D eigenvalue weighted by molar-refractivity contribution is -0.104. The van der Waals surface area contributed by atoms with Gasteiger partial charge in [0, 0.05) is 4.47 Å². The smallest absolute Gasteiger partial charge is 0.160 e. The molecule has 0 spiro atoms. The summed E-state index contributed by atoms with van der Waals surface area (Å²) in [6, 6.07) is 9.15. The number of carbonyl (C=O) groups excluding carboxylic acids is 1. The summed E-state index contributed by atoms with van der Waals surface area (Å²) >= 11 is 3.29. The molecule has 64 valence electrons. The summed E-state index contributed by atoms with van der Waals surface area (Å²) in [7, 11) is 0. The van der Waals surface area contributed by atoms with Gasteiger partial charge in [0.15, 0.2) is 6.29 Å². The van der Waals surface area contributed by atoms with Gasteiger partial charge in [0.05, 0.1) is 5.57 Å². The second kappa shape index (κ2) is 4.58. The highest BCUT2D eigenvalue weighted by Crippen LogP contribution is 2.12. The zero-order valence-corrected chi connectivity index (χ0v) is 8.28. The van der Waals surface area contributed by atoms with E-state index in [1.165, 1.54) is 0 Å². The second-order valence-corrected chi connectivity index (χ2v) is 3.30. The number of halogens is 1. The van der Waals surface area contributed by atoms with Crippen molar-refractivity contribution >= 4 is 28.3 Å². The second-order valence-electron chi connectivity index (χ2n) is 2.38. The van der Waals surface area contributed by atoms with E-state index in [2.05, 4.69) is 15.9 Å². The molecule has 0 fully saturated rings. The highest BCUT2D eigenvalue weighted by atomic mass is 79.9. The third-order valence-electron chi connectivity index (χ3n) is 1.45. The zero-order valence-electron chi connectivity index (χ0n) is 6.70. The van der Waals surface area contributed by atoms with E-state index in [0.29, 0.717) is 6.29 Å². The number of nitriles is 1. The van der Waals surface area contributed by atoms with Gasteiger partial charge in [0.2, 0.25) is 0 Å². The van der Waals surface area contributed by atoms with Crippen molar-refractivity contribution < 1.29 is 4.79 Å². The van der Waals surface area contributed by atoms with Crippen molar-refractivity contribution in [3.63, 3.8) is 0 Å². The van der Waals surface area contributed by atoms with Gasteiger partial charge < -0.3 is 0 Å². The van der Waals surface area contributed by atoms with Gasteiger partial charge in [0.1, 0.15) is 6.07 Å². The molecular weight excluding hydrogens is 230 g/mol. The molecule has 0 radical (unpaired) electrons. The van der Waals surface area contributed by atoms with Crippen molar-refractivity contribution in [1.29, 1.82) is 5.26 Å². The number of rotatable bonds is 2. The van der Waals surface area contributed by atoms with Crippen molar-refractivity contribution in [2.75, 3.05) is 0 Å². The van der Waals surface area contributed by atoms with Gasteiger partial charge >= 0.3 is 0 Å². The average molecular weight is 236 g/mol. The average Bonchev–Trinajstić information content (AvgIpc) is 2.17. The fraction of sp³-hybridized carbons (Fsp3) is 0. The quantitative estimate of drug-likeness (QED) is 0.449. The number of aldehydes is 1. The van der Waals surface area contributed by atoms with Crippen LogP contribution in [0.1, 0.15) is 5.56 Å². The summed E-state index contributed by atoms with van der Waals surface area (Å²) in [5.74, 6) is 0. The Kier molecular flexibility index (Phi) is 3.41. The molecular formula is C10H6BrNO. The van der Waals surface area contributed by atoms with Crippen LogP contribution in [0, 0.1) is 11.3 Å². The molecule has 0 aliphatic heterocycles. The van der Waals surface area contributed by atoms with Crippen LogP contribution >= 0.6 is 15.9 Å². The maximum absolute atomic E-state index is 10.3. The van der Waals surface area contributed by atoms with Crippen LogP contribution in [0.25, 0.3) is 6.08 Å². The van der Waals surface area contributed by atoms with Crippen molar-refractivity contribution in [3.05, 3.63) is 39.9 Å². The van der Waals surface area contributed by atoms with E-state index in [4.69, 9.17) is 5.26 Å². The minimum Gasteiger partial charge on any atom is -0.297 e. The Hall–Kier alpha value is -1.40. The first-order valence-corrected chi connectivity index (χ1v) is 4.38. The van der Waals surface area contributed by atoms with E-state index in [0.717, 1.165) is 10.0 Å². The van der Waals surface area contributed by atoms with Gasteiger partial charge in [-0.1, -0.05) is 28.1 Å². The third kappa shape index (κ3) is 2.85. The molecule has 2 nitrogen and oxygen atoms in total. The van der Waals surface area contributed by atoms with E-state index >= 15 is 0 Å². The molecule has 0 N–H and O–H groups in total. The van der Waals surface area contributed by atoms with Gasteiger partial charge in [-0.25, -0.2) is 0 Å². The first-order valence-electron chi connectivity index (χ1n) is 3.59. The number of benzene rings is 1. The largest absolute Gasteiger partial charge is 0.297 e. The summed E-state index contributed by atoms with van der Waals surface area (Å²) < 4.78 is 0.967. The van der Waals surface area contributed by atoms with E-state index in [-0.39, 0.29) is 5.57 Å². The summed E-state index contributed by atoms with van der Waals surface area (Å²) in [5.41, 5.74) is 0.967. The Morgan fingerprint density at radius 2 is 2.00 bits per heavy atom. The maximum Gasteiger partial charge on any atom is 0.160 e. The Morgan fingerprint density at radius 1 is 1.38 bits per heavy atom. The molecule has 0 atom stereocenters. The Morgan fingerprint density at radius 3 is 2.46 bits per heavy atom. The first kappa shape index (κ1) is 9.69. The monoisotopic (exact) mass is 235 g/mol. The molecule has 0 bridgehead atoms. The predicted octanol–water partition coefficient (Wildman–Crippen LogP) is 2.55. The molecule has 0 aliphatic carbocycles. The summed E-state index contributed by atoms with van der Waals surface area (Å²) in [6.45, 7) is 0. The van der Waals surface area contributed by atoms with Crippen LogP contribution < -0.4 is 0 Å². The topological polar surface area (TPSA) is 40.9 Å². The molecule has 0 heterocycles. The Bertz CT molecular complexity index is 373. The SMILES string of the molecule is N#C/C(C=O)=C\c1ccc(Br)cc1. The van der Waals surface area contributed by atoms with Crippen LogP contribution in [0.4, 0.5) is 0 Å². The minimum absolute atomic E-state index is 0.127. The Balaban J connectivity index is 2.98. The molecule has 0 unspecified atom stereocenters. The van der Waals surface area contributed by atoms with Gasteiger partial charge in [0.25, 0.3) is 0 Å². The van der Waals surface area contributed by atoms with Crippen LogP contribution in [0.2, 0.25) is 0 Å². The lowest BCUT2D eigenvalue weighted by Gasteiger charge is -1.92. The molecule has 13 heavy (non-hydrogen) atoms. The number of nitrogens with zero attached hydrogens (tertiary/aromatic N) is 1. The van der Waals surface area contributed by atoms with Gasteiger partial charge in [-0.15, -0.1) is 0 Å². The zero-order chi connectivity index (χ0) is 9.68. The molecule has 0 amide bonds. The van der Waals surface area contributed by atoms with Crippen LogP contribution in [-0.4, -0.2) is 6.29 Å². The normalized spacial score (nSPS) is 10.6. The molecule has 0 saturated carbocycles. The fourth-order valence-electron chi connectivity index (χ4n) is 0.831. The highest BCUT2D eigenvalue weighted by Gasteiger charge is 1.93. The molecule has 1 aromatic rings. The van der Waals surface area contributed by atoms with Gasteiger partial charge in [-0.05, 0) is 23.8 Å². The Labute approximate surface area is 84.6 Å². The van der Waals surface area contributed by atoms with Crippen LogP contribution in [0.3, 0.4) is 0 Å². The van der Waals surface area contributed by atoms with Crippen molar-refractivity contribution in [2.24, 2.45) is 0 Å².